The van der Waals surface area contributed by atoms with E-state index in [4.69, 9.17) is 34.8 Å². The SMILES string of the molecule is O=S1(=O)CCC(NCc2c(Cl)ccc(Cl)c2Cl)C1. The molecule has 1 atom stereocenters. The minimum Gasteiger partial charge on any atom is -0.309 e. The molecule has 0 spiro atoms. The van der Waals surface area contributed by atoms with Crippen LogP contribution in [0.4, 0.5) is 0 Å². The maximum absolute atomic E-state index is 11.3. The highest BCUT2D eigenvalue weighted by Gasteiger charge is 2.27. The number of halogens is 3. The number of rotatable bonds is 3. The third-order valence-electron chi connectivity index (χ3n) is 2.94. The van der Waals surface area contributed by atoms with Crippen LogP contribution in [0.25, 0.3) is 0 Å². The molecule has 100 valence electrons. The normalized spacial score (nSPS) is 22.3. The summed E-state index contributed by atoms with van der Waals surface area (Å²) >= 11 is 18.0. The highest BCUT2D eigenvalue weighted by Crippen LogP contribution is 2.31. The van der Waals surface area contributed by atoms with E-state index in [9.17, 15) is 8.42 Å². The quantitative estimate of drug-likeness (QED) is 0.868. The van der Waals surface area contributed by atoms with E-state index < -0.39 is 9.84 Å². The third-order valence-corrected chi connectivity index (χ3v) is 5.90. The molecule has 2 rings (SSSR count). The molecule has 7 heteroatoms. The summed E-state index contributed by atoms with van der Waals surface area (Å²) in [4.78, 5) is 0. The first kappa shape index (κ1) is 14.4. The number of hydrogen-bond acceptors (Lipinski definition) is 3. The molecule has 0 radical (unpaired) electrons. The van der Waals surface area contributed by atoms with Gasteiger partial charge in [-0.2, -0.15) is 0 Å². The maximum atomic E-state index is 11.3. The van der Waals surface area contributed by atoms with Gasteiger partial charge in [0, 0.05) is 23.2 Å². The highest BCUT2D eigenvalue weighted by atomic mass is 35.5. The monoisotopic (exact) mass is 327 g/mol. The highest BCUT2D eigenvalue weighted by molar-refractivity contribution is 7.91. The molecule has 18 heavy (non-hydrogen) atoms. The van der Waals surface area contributed by atoms with Crippen molar-refractivity contribution in [1.82, 2.24) is 5.32 Å². The number of nitrogens with one attached hydrogen (secondary N) is 1. The van der Waals surface area contributed by atoms with E-state index in [2.05, 4.69) is 5.32 Å². The summed E-state index contributed by atoms with van der Waals surface area (Å²) in [6, 6.07) is 3.27. The lowest BCUT2D eigenvalue weighted by atomic mass is 10.2. The van der Waals surface area contributed by atoms with E-state index in [1.165, 1.54) is 0 Å². The Bertz CT molecular complexity index is 560. The molecule has 1 unspecified atom stereocenters. The Hall–Kier alpha value is -0.000000000000000167. The van der Waals surface area contributed by atoms with Gasteiger partial charge in [0.25, 0.3) is 0 Å². The van der Waals surface area contributed by atoms with Crippen molar-refractivity contribution >= 4 is 44.6 Å². The number of hydrogen-bond donors (Lipinski definition) is 1. The van der Waals surface area contributed by atoms with Crippen LogP contribution < -0.4 is 5.32 Å². The second-order valence-corrected chi connectivity index (χ2v) is 7.72. The average molecular weight is 329 g/mol. The Labute approximate surface area is 121 Å². The van der Waals surface area contributed by atoms with Crippen LogP contribution in [-0.2, 0) is 16.4 Å². The second-order valence-electron chi connectivity index (χ2n) is 4.30. The van der Waals surface area contributed by atoms with Crippen molar-refractivity contribution in [2.45, 2.75) is 19.0 Å². The smallest absolute Gasteiger partial charge is 0.151 e. The van der Waals surface area contributed by atoms with Crippen LogP contribution in [0.3, 0.4) is 0 Å². The Morgan fingerprint density at radius 2 is 1.89 bits per heavy atom. The fourth-order valence-electron chi connectivity index (χ4n) is 1.93. The van der Waals surface area contributed by atoms with Crippen LogP contribution >= 0.6 is 34.8 Å². The third kappa shape index (κ3) is 3.31. The van der Waals surface area contributed by atoms with Crippen molar-refractivity contribution in [3.63, 3.8) is 0 Å². The molecule has 1 heterocycles. The van der Waals surface area contributed by atoms with Gasteiger partial charge in [0.1, 0.15) is 0 Å². The van der Waals surface area contributed by atoms with Gasteiger partial charge in [-0.1, -0.05) is 34.8 Å². The molecule has 1 N–H and O–H groups in total. The molecule has 0 saturated carbocycles. The predicted molar refractivity (Wildman–Crippen MR) is 75.4 cm³/mol. The molecule has 0 aliphatic carbocycles. The zero-order valence-corrected chi connectivity index (χ0v) is 12.5. The number of sulfone groups is 1. The Kier molecular flexibility index (Phi) is 4.44. The summed E-state index contributed by atoms with van der Waals surface area (Å²) < 4.78 is 22.7. The Balaban J connectivity index is 2.05. The van der Waals surface area contributed by atoms with Gasteiger partial charge in [-0.3, -0.25) is 0 Å². The van der Waals surface area contributed by atoms with Crippen molar-refractivity contribution in [2.24, 2.45) is 0 Å². The summed E-state index contributed by atoms with van der Waals surface area (Å²) in [5, 5.41) is 4.54. The minimum absolute atomic E-state index is 0.0406. The van der Waals surface area contributed by atoms with E-state index in [0.717, 1.165) is 0 Å². The Morgan fingerprint density at radius 1 is 1.22 bits per heavy atom. The molecule has 3 nitrogen and oxygen atoms in total. The molecule has 1 aromatic rings. The molecule has 1 aliphatic rings. The fraction of sp³-hybridized carbons (Fsp3) is 0.455. The zero-order valence-electron chi connectivity index (χ0n) is 9.42. The van der Waals surface area contributed by atoms with Gasteiger partial charge in [0.05, 0.1) is 21.6 Å². The standard InChI is InChI=1S/C11H12Cl3NO2S/c12-9-1-2-10(13)11(14)8(9)5-15-7-3-4-18(16,17)6-7/h1-2,7,15H,3-6H2. The summed E-state index contributed by atoms with van der Waals surface area (Å²) in [6.45, 7) is 0.415. The van der Waals surface area contributed by atoms with Gasteiger partial charge in [-0.05, 0) is 18.6 Å². The summed E-state index contributed by atoms with van der Waals surface area (Å²) in [5.41, 5.74) is 0.704. The molecule has 1 aromatic carbocycles. The molecule has 1 fully saturated rings. The predicted octanol–water partition coefficient (Wildman–Crippen LogP) is 2.92. The summed E-state index contributed by atoms with van der Waals surface area (Å²) in [5.74, 6) is 0.407. The minimum atomic E-state index is -2.88. The van der Waals surface area contributed by atoms with Gasteiger partial charge in [0.2, 0.25) is 0 Å². The molecule has 0 aromatic heterocycles. The van der Waals surface area contributed by atoms with Crippen molar-refractivity contribution in [1.29, 1.82) is 0 Å². The van der Waals surface area contributed by atoms with Crippen LogP contribution in [-0.4, -0.2) is 26.0 Å². The van der Waals surface area contributed by atoms with Gasteiger partial charge >= 0.3 is 0 Å². The van der Waals surface area contributed by atoms with E-state index in [1.54, 1.807) is 12.1 Å². The van der Waals surface area contributed by atoms with E-state index in [0.29, 0.717) is 33.6 Å². The van der Waals surface area contributed by atoms with E-state index in [-0.39, 0.29) is 17.5 Å². The van der Waals surface area contributed by atoms with Crippen LogP contribution in [0.1, 0.15) is 12.0 Å². The van der Waals surface area contributed by atoms with Crippen molar-refractivity contribution in [2.75, 3.05) is 11.5 Å². The lowest BCUT2D eigenvalue weighted by Gasteiger charge is -2.13. The molecular formula is C11H12Cl3NO2S. The molecule has 1 aliphatic heterocycles. The van der Waals surface area contributed by atoms with Crippen LogP contribution in [0.15, 0.2) is 12.1 Å². The molecule has 0 bridgehead atoms. The van der Waals surface area contributed by atoms with Gasteiger partial charge in [-0.15, -0.1) is 0 Å². The molecular weight excluding hydrogens is 317 g/mol. The van der Waals surface area contributed by atoms with E-state index >= 15 is 0 Å². The topological polar surface area (TPSA) is 46.2 Å². The fourth-order valence-corrected chi connectivity index (χ4v) is 4.32. The van der Waals surface area contributed by atoms with Crippen molar-refractivity contribution < 1.29 is 8.42 Å². The Morgan fingerprint density at radius 3 is 2.50 bits per heavy atom. The van der Waals surface area contributed by atoms with Gasteiger partial charge < -0.3 is 5.32 Å². The molecule has 1 saturated heterocycles. The van der Waals surface area contributed by atoms with Gasteiger partial charge in [0.15, 0.2) is 9.84 Å². The largest absolute Gasteiger partial charge is 0.309 e. The zero-order chi connectivity index (χ0) is 13.3. The average Bonchev–Trinajstić information content (AvgIpc) is 2.64. The van der Waals surface area contributed by atoms with Crippen LogP contribution in [0.5, 0.6) is 0 Å². The summed E-state index contributed by atoms with van der Waals surface area (Å²) in [6.07, 6.45) is 0.623. The maximum Gasteiger partial charge on any atom is 0.151 e. The number of benzene rings is 1. The lowest BCUT2D eigenvalue weighted by molar-refractivity contribution is 0.554. The molecule has 0 amide bonds. The van der Waals surface area contributed by atoms with Crippen LogP contribution in [0.2, 0.25) is 15.1 Å². The first-order valence-corrected chi connectivity index (χ1v) is 8.41. The first-order chi connectivity index (χ1) is 8.39. The lowest BCUT2D eigenvalue weighted by Crippen LogP contribution is -2.29. The van der Waals surface area contributed by atoms with Crippen LogP contribution in [0, 0.1) is 0 Å². The summed E-state index contributed by atoms with van der Waals surface area (Å²) in [7, 11) is -2.88. The first-order valence-electron chi connectivity index (χ1n) is 5.45. The van der Waals surface area contributed by atoms with E-state index in [1.807, 2.05) is 0 Å². The van der Waals surface area contributed by atoms with Crippen molar-refractivity contribution in [3.8, 4) is 0 Å². The van der Waals surface area contributed by atoms with Crippen molar-refractivity contribution in [3.05, 3.63) is 32.8 Å². The second kappa shape index (κ2) is 5.55. The van der Waals surface area contributed by atoms with Gasteiger partial charge in [-0.25, -0.2) is 8.42 Å².